The van der Waals surface area contributed by atoms with Gasteiger partial charge < -0.3 is 5.32 Å². The third kappa shape index (κ3) is 5.96. The molecule has 1 aromatic heterocycles. The zero-order chi connectivity index (χ0) is 14.8. The molecule has 1 atom stereocenters. The monoisotopic (exact) mass is 343 g/mol. The van der Waals surface area contributed by atoms with Crippen LogP contribution in [-0.2, 0) is 7.05 Å². The highest BCUT2D eigenvalue weighted by Crippen LogP contribution is 2.26. The molecule has 0 saturated heterocycles. The molecule has 0 aromatic carbocycles. The van der Waals surface area contributed by atoms with Gasteiger partial charge in [-0.2, -0.15) is 5.10 Å². The van der Waals surface area contributed by atoms with E-state index in [0.717, 1.165) is 11.0 Å². The Labute approximate surface area is 132 Å². The van der Waals surface area contributed by atoms with Crippen LogP contribution in [-0.4, -0.2) is 16.3 Å². The molecular weight excluding hydrogens is 314 g/mol. The highest BCUT2D eigenvalue weighted by molar-refractivity contribution is 9.10. The van der Waals surface area contributed by atoms with Crippen molar-refractivity contribution in [2.75, 3.05) is 6.54 Å². The van der Waals surface area contributed by atoms with Gasteiger partial charge in [0.05, 0.1) is 22.4 Å². The van der Waals surface area contributed by atoms with E-state index in [1.54, 1.807) is 0 Å². The second-order valence-corrected chi connectivity index (χ2v) is 6.38. The lowest BCUT2D eigenvalue weighted by atomic mass is 10.0. The molecule has 0 aliphatic rings. The molecule has 1 heterocycles. The molecule has 116 valence electrons. The number of nitrogens with zero attached hydrogens (tertiary/aromatic N) is 2. The lowest BCUT2D eigenvalue weighted by molar-refractivity contribution is 0.450. The maximum absolute atomic E-state index is 4.33. The summed E-state index contributed by atoms with van der Waals surface area (Å²) in [7, 11) is 2.02. The molecule has 0 aliphatic heterocycles. The predicted molar refractivity (Wildman–Crippen MR) is 89.9 cm³/mol. The van der Waals surface area contributed by atoms with Crippen LogP contribution >= 0.6 is 15.9 Å². The van der Waals surface area contributed by atoms with Crippen LogP contribution in [0.3, 0.4) is 0 Å². The molecule has 0 bridgehead atoms. The van der Waals surface area contributed by atoms with Gasteiger partial charge in [-0.3, -0.25) is 4.68 Å². The average molecular weight is 344 g/mol. The van der Waals surface area contributed by atoms with Crippen molar-refractivity contribution >= 4 is 15.9 Å². The van der Waals surface area contributed by atoms with Crippen molar-refractivity contribution in [3.05, 3.63) is 16.4 Å². The lowest BCUT2D eigenvalue weighted by Crippen LogP contribution is -2.23. The first kappa shape index (κ1) is 17.7. The Morgan fingerprint density at radius 2 is 1.80 bits per heavy atom. The van der Waals surface area contributed by atoms with E-state index in [1.807, 2.05) is 17.9 Å². The van der Waals surface area contributed by atoms with Crippen LogP contribution in [0.2, 0.25) is 0 Å². The smallest absolute Gasteiger partial charge is 0.0692 e. The fourth-order valence-corrected chi connectivity index (χ4v) is 3.32. The third-order valence-electron chi connectivity index (χ3n) is 3.81. The minimum atomic E-state index is 0.414. The van der Waals surface area contributed by atoms with Gasteiger partial charge in [0.2, 0.25) is 0 Å². The van der Waals surface area contributed by atoms with E-state index in [1.165, 1.54) is 57.1 Å². The highest BCUT2D eigenvalue weighted by Gasteiger charge is 2.17. The van der Waals surface area contributed by atoms with Crippen molar-refractivity contribution in [2.45, 2.75) is 71.3 Å². The van der Waals surface area contributed by atoms with Crippen LogP contribution in [0, 0.1) is 0 Å². The average Bonchev–Trinajstić information content (AvgIpc) is 2.76. The summed E-state index contributed by atoms with van der Waals surface area (Å²) in [6.45, 7) is 5.44. The molecule has 20 heavy (non-hydrogen) atoms. The number of unbranched alkanes of at least 4 members (excludes halogenated alkanes) is 6. The zero-order valence-electron chi connectivity index (χ0n) is 13.3. The Balaban J connectivity index is 2.33. The molecule has 0 spiro atoms. The van der Waals surface area contributed by atoms with Crippen LogP contribution in [0.15, 0.2) is 10.7 Å². The van der Waals surface area contributed by atoms with Crippen LogP contribution in [0.5, 0.6) is 0 Å². The summed E-state index contributed by atoms with van der Waals surface area (Å²) in [5.41, 5.74) is 1.28. The standard InChI is InChI=1S/C16H30BrN3/c1-4-6-7-8-9-10-11-12-15(18-5-2)16-14(17)13-19-20(16)3/h13,15,18H,4-12H2,1-3H3. The molecule has 1 rings (SSSR count). The normalized spacial score (nSPS) is 12.8. The van der Waals surface area contributed by atoms with Gasteiger partial charge in [-0.15, -0.1) is 0 Å². The van der Waals surface area contributed by atoms with Crippen molar-refractivity contribution in [1.82, 2.24) is 15.1 Å². The fourth-order valence-electron chi connectivity index (χ4n) is 2.70. The van der Waals surface area contributed by atoms with Gasteiger partial charge in [-0.05, 0) is 28.9 Å². The second-order valence-electron chi connectivity index (χ2n) is 5.52. The van der Waals surface area contributed by atoms with Crippen LogP contribution in [0.4, 0.5) is 0 Å². The first-order chi connectivity index (χ1) is 9.70. The number of aryl methyl sites for hydroxylation is 1. The molecule has 0 radical (unpaired) electrons. The molecule has 1 unspecified atom stereocenters. The van der Waals surface area contributed by atoms with Gasteiger partial charge in [-0.25, -0.2) is 0 Å². The minimum Gasteiger partial charge on any atom is -0.309 e. The summed E-state index contributed by atoms with van der Waals surface area (Å²) in [6, 6.07) is 0.414. The van der Waals surface area contributed by atoms with Crippen LogP contribution in [0.1, 0.15) is 76.9 Å². The molecule has 3 nitrogen and oxygen atoms in total. The molecule has 0 fully saturated rings. The number of rotatable bonds is 11. The number of aromatic nitrogens is 2. The third-order valence-corrected chi connectivity index (χ3v) is 4.43. The molecule has 1 aromatic rings. The van der Waals surface area contributed by atoms with Crippen LogP contribution < -0.4 is 5.32 Å². The summed E-state index contributed by atoms with van der Waals surface area (Å²) in [5, 5.41) is 7.91. The molecule has 4 heteroatoms. The SMILES string of the molecule is CCCCCCCCCC(NCC)c1c(Br)cnn1C. The van der Waals surface area contributed by atoms with E-state index in [4.69, 9.17) is 0 Å². The Bertz CT molecular complexity index is 343. The van der Waals surface area contributed by atoms with E-state index in [-0.39, 0.29) is 0 Å². The number of hydrogen-bond donors (Lipinski definition) is 1. The highest BCUT2D eigenvalue weighted by atomic mass is 79.9. The maximum Gasteiger partial charge on any atom is 0.0692 e. The summed E-state index contributed by atoms with van der Waals surface area (Å²) in [5.74, 6) is 0. The van der Waals surface area contributed by atoms with Gasteiger partial charge in [0.1, 0.15) is 0 Å². The molecule has 0 amide bonds. The summed E-state index contributed by atoms with van der Waals surface area (Å²) in [4.78, 5) is 0. The number of hydrogen-bond acceptors (Lipinski definition) is 2. The Kier molecular flexibility index (Phi) is 9.19. The maximum atomic E-state index is 4.33. The van der Waals surface area contributed by atoms with Gasteiger partial charge in [0, 0.05) is 7.05 Å². The van der Waals surface area contributed by atoms with Crippen molar-refractivity contribution in [3.8, 4) is 0 Å². The molecular formula is C16H30BrN3. The fraction of sp³-hybridized carbons (Fsp3) is 0.812. The molecule has 0 saturated carbocycles. The summed E-state index contributed by atoms with van der Waals surface area (Å²) in [6.07, 6.45) is 12.6. The predicted octanol–water partition coefficient (Wildman–Crippen LogP) is 4.97. The Morgan fingerprint density at radius 3 is 2.35 bits per heavy atom. The number of halogens is 1. The second kappa shape index (κ2) is 10.4. The number of nitrogens with one attached hydrogen (secondary N) is 1. The van der Waals surface area contributed by atoms with E-state index < -0.39 is 0 Å². The lowest BCUT2D eigenvalue weighted by Gasteiger charge is -2.19. The van der Waals surface area contributed by atoms with E-state index in [9.17, 15) is 0 Å². The van der Waals surface area contributed by atoms with E-state index in [2.05, 4.69) is 40.2 Å². The van der Waals surface area contributed by atoms with Gasteiger partial charge in [-0.1, -0.05) is 58.8 Å². The first-order valence-corrected chi connectivity index (χ1v) is 8.90. The van der Waals surface area contributed by atoms with E-state index >= 15 is 0 Å². The largest absolute Gasteiger partial charge is 0.309 e. The quantitative estimate of drug-likeness (QED) is 0.574. The summed E-state index contributed by atoms with van der Waals surface area (Å²) < 4.78 is 3.10. The Hall–Kier alpha value is -0.350. The van der Waals surface area contributed by atoms with Gasteiger partial charge in [0.25, 0.3) is 0 Å². The van der Waals surface area contributed by atoms with Crippen molar-refractivity contribution in [2.24, 2.45) is 7.05 Å². The van der Waals surface area contributed by atoms with Gasteiger partial charge >= 0.3 is 0 Å². The molecule has 0 aliphatic carbocycles. The topological polar surface area (TPSA) is 29.9 Å². The minimum absolute atomic E-state index is 0.414. The van der Waals surface area contributed by atoms with Gasteiger partial charge in [0.15, 0.2) is 0 Å². The first-order valence-electron chi connectivity index (χ1n) is 8.11. The van der Waals surface area contributed by atoms with E-state index in [0.29, 0.717) is 6.04 Å². The van der Waals surface area contributed by atoms with Crippen LogP contribution in [0.25, 0.3) is 0 Å². The summed E-state index contributed by atoms with van der Waals surface area (Å²) >= 11 is 3.62. The van der Waals surface area contributed by atoms with Crippen molar-refractivity contribution in [1.29, 1.82) is 0 Å². The van der Waals surface area contributed by atoms with Crippen molar-refractivity contribution < 1.29 is 0 Å². The Morgan fingerprint density at radius 1 is 1.15 bits per heavy atom. The van der Waals surface area contributed by atoms with Crippen molar-refractivity contribution in [3.63, 3.8) is 0 Å². The zero-order valence-corrected chi connectivity index (χ0v) is 14.9. The molecule has 1 N–H and O–H groups in total.